The van der Waals surface area contributed by atoms with Crippen molar-refractivity contribution in [2.24, 2.45) is 11.1 Å². The number of hydrogen-bond acceptors (Lipinski definition) is 5. The van der Waals surface area contributed by atoms with Crippen LogP contribution >= 0.6 is 0 Å². The Balaban J connectivity index is 1.72. The summed E-state index contributed by atoms with van der Waals surface area (Å²) >= 11 is 0. The van der Waals surface area contributed by atoms with Gasteiger partial charge in [0.15, 0.2) is 0 Å². The van der Waals surface area contributed by atoms with E-state index in [1.807, 2.05) is 10.9 Å². The molecule has 0 bridgehead atoms. The highest BCUT2D eigenvalue weighted by atomic mass is 16.5. The zero-order valence-corrected chi connectivity index (χ0v) is 12.1. The van der Waals surface area contributed by atoms with E-state index in [0.717, 1.165) is 31.8 Å². The highest BCUT2D eigenvalue weighted by Gasteiger charge is 2.48. The Morgan fingerprint density at radius 1 is 1.58 bits per heavy atom. The van der Waals surface area contributed by atoms with Crippen molar-refractivity contribution >= 4 is 0 Å². The number of nitrogens with zero attached hydrogens (tertiary/aromatic N) is 3. The lowest BCUT2D eigenvalue weighted by Gasteiger charge is -2.52. The molecule has 0 aromatic carbocycles. The van der Waals surface area contributed by atoms with Crippen LogP contribution in [0.2, 0.25) is 0 Å². The molecule has 0 radical (unpaired) electrons. The third kappa shape index (κ3) is 3.13. The van der Waals surface area contributed by atoms with Gasteiger partial charge in [-0.3, -0.25) is 4.68 Å². The van der Waals surface area contributed by atoms with Gasteiger partial charge < -0.3 is 15.8 Å². The fourth-order valence-corrected chi connectivity index (χ4v) is 2.61. The topological polar surface area (TPSA) is 78.0 Å². The van der Waals surface area contributed by atoms with Crippen LogP contribution in [0.15, 0.2) is 6.20 Å². The Bertz CT molecular complexity index is 403. The van der Waals surface area contributed by atoms with E-state index in [1.54, 1.807) is 0 Å². The summed E-state index contributed by atoms with van der Waals surface area (Å²) in [4.78, 5) is 0. The Morgan fingerprint density at radius 3 is 2.95 bits per heavy atom. The maximum atomic E-state index is 5.72. The second-order valence-corrected chi connectivity index (χ2v) is 5.68. The van der Waals surface area contributed by atoms with E-state index >= 15 is 0 Å². The van der Waals surface area contributed by atoms with Gasteiger partial charge in [-0.05, 0) is 13.3 Å². The van der Waals surface area contributed by atoms with Gasteiger partial charge in [0.25, 0.3) is 0 Å². The van der Waals surface area contributed by atoms with E-state index in [9.17, 15) is 0 Å². The first kappa shape index (κ1) is 14.4. The van der Waals surface area contributed by atoms with Crippen LogP contribution in [0.4, 0.5) is 0 Å². The largest absolute Gasteiger partial charge is 0.378 e. The van der Waals surface area contributed by atoms with Gasteiger partial charge in [0, 0.05) is 37.4 Å². The number of nitrogens with one attached hydrogen (secondary N) is 1. The molecule has 1 heterocycles. The van der Waals surface area contributed by atoms with Crippen molar-refractivity contribution in [1.82, 2.24) is 20.3 Å². The highest BCUT2D eigenvalue weighted by molar-refractivity contribution is 5.02. The van der Waals surface area contributed by atoms with Crippen LogP contribution in [-0.2, 0) is 17.8 Å². The molecule has 2 rings (SSSR count). The lowest BCUT2D eigenvalue weighted by atomic mass is 9.64. The van der Waals surface area contributed by atoms with Crippen LogP contribution in [0.1, 0.15) is 32.9 Å². The van der Waals surface area contributed by atoms with E-state index in [1.165, 1.54) is 0 Å². The van der Waals surface area contributed by atoms with Crippen molar-refractivity contribution in [3.8, 4) is 0 Å². The normalized spacial score (nSPS) is 25.3. The molecule has 1 aromatic rings. The van der Waals surface area contributed by atoms with E-state index in [4.69, 9.17) is 10.5 Å². The molecule has 1 fully saturated rings. The van der Waals surface area contributed by atoms with E-state index in [0.29, 0.717) is 18.7 Å². The predicted molar refractivity (Wildman–Crippen MR) is 73.5 cm³/mol. The minimum atomic E-state index is 0.209. The third-order valence-electron chi connectivity index (χ3n) is 4.07. The Hall–Kier alpha value is -0.980. The van der Waals surface area contributed by atoms with Gasteiger partial charge in [-0.1, -0.05) is 19.1 Å². The number of ether oxygens (including phenoxy) is 1. The summed E-state index contributed by atoms with van der Waals surface area (Å²) in [5, 5.41) is 11.6. The van der Waals surface area contributed by atoms with Crippen LogP contribution < -0.4 is 11.1 Å². The number of nitrogens with two attached hydrogens (primary N) is 1. The van der Waals surface area contributed by atoms with Crippen molar-refractivity contribution in [1.29, 1.82) is 0 Å². The van der Waals surface area contributed by atoms with Crippen molar-refractivity contribution < 1.29 is 4.74 Å². The predicted octanol–water partition coefficient (Wildman–Crippen LogP) is 0.530. The Labute approximate surface area is 114 Å². The average molecular weight is 267 g/mol. The Kier molecular flexibility index (Phi) is 4.54. The molecule has 1 aliphatic rings. The van der Waals surface area contributed by atoms with Crippen LogP contribution in [0.25, 0.3) is 0 Å². The van der Waals surface area contributed by atoms with Crippen LogP contribution in [0, 0.1) is 5.41 Å². The smallest absolute Gasteiger partial charge is 0.0962 e. The fraction of sp³-hybridized carbons (Fsp3) is 0.846. The summed E-state index contributed by atoms with van der Waals surface area (Å²) in [5.74, 6) is 0. The summed E-state index contributed by atoms with van der Waals surface area (Å²) in [7, 11) is 0. The maximum Gasteiger partial charge on any atom is 0.0962 e. The van der Waals surface area contributed by atoms with E-state index in [-0.39, 0.29) is 5.41 Å². The molecule has 108 valence electrons. The molecule has 0 aliphatic heterocycles. The first-order valence-electron chi connectivity index (χ1n) is 7.02. The minimum Gasteiger partial charge on any atom is -0.378 e. The first-order chi connectivity index (χ1) is 9.07. The SMILES string of the molecule is CCOC1CC(NCCn2cc(CN)nn2)C1(C)C. The maximum absolute atomic E-state index is 5.72. The molecular weight excluding hydrogens is 242 g/mol. The number of rotatable bonds is 7. The average Bonchev–Trinajstić information content (AvgIpc) is 2.85. The Morgan fingerprint density at radius 2 is 2.37 bits per heavy atom. The molecule has 1 aliphatic carbocycles. The zero-order valence-electron chi connectivity index (χ0n) is 12.1. The number of hydrogen-bond donors (Lipinski definition) is 2. The van der Waals surface area contributed by atoms with Crippen LogP contribution in [0.3, 0.4) is 0 Å². The molecule has 6 heteroatoms. The summed E-state index contributed by atoms with van der Waals surface area (Å²) in [6.07, 6.45) is 3.37. The summed E-state index contributed by atoms with van der Waals surface area (Å²) in [6.45, 7) is 9.52. The lowest BCUT2D eigenvalue weighted by Crippen LogP contribution is -2.61. The monoisotopic (exact) mass is 267 g/mol. The molecule has 6 nitrogen and oxygen atoms in total. The summed E-state index contributed by atoms with van der Waals surface area (Å²) < 4.78 is 7.56. The standard InChI is InChI=1S/C13H25N5O/c1-4-19-12-7-11(13(12,2)3)15-5-6-18-9-10(8-14)16-17-18/h9,11-12,15H,4-8,14H2,1-3H3. The van der Waals surface area contributed by atoms with Gasteiger partial charge in [0.05, 0.1) is 18.3 Å². The van der Waals surface area contributed by atoms with E-state index < -0.39 is 0 Å². The molecule has 19 heavy (non-hydrogen) atoms. The molecule has 1 aromatic heterocycles. The molecule has 0 saturated heterocycles. The lowest BCUT2D eigenvalue weighted by molar-refractivity contribution is -0.114. The van der Waals surface area contributed by atoms with Gasteiger partial charge in [-0.25, -0.2) is 0 Å². The van der Waals surface area contributed by atoms with Gasteiger partial charge in [0.1, 0.15) is 0 Å². The third-order valence-corrected chi connectivity index (χ3v) is 4.07. The molecule has 2 atom stereocenters. The van der Waals surface area contributed by atoms with Gasteiger partial charge in [0.2, 0.25) is 0 Å². The van der Waals surface area contributed by atoms with Crippen molar-refractivity contribution in [2.45, 2.75) is 52.4 Å². The molecular formula is C13H25N5O. The van der Waals surface area contributed by atoms with Crippen molar-refractivity contribution in [3.63, 3.8) is 0 Å². The molecule has 0 amide bonds. The number of aromatic nitrogens is 3. The van der Waals surface area contributed by atoms with E-state index in [2.05, 4.69) is 36.4 Å². The second-order valence-electron chi connectivity index (χ2n) is 5.68. The molecule has 2 unspecified atom stereocenters. The fourth-order valence-electron chi connectivity index (χ4n) is 2.61. The molecule has 0 spiro atoms. The zero-order chi connectivity index (χ0) is 13.9. The van der Waals surface area contributed by atoms with Gasteiger partial charge >= 0.3 is 0 Å². The summed E-state index contributed by atoms with van der Waals surface area (Å²) in [6, 6.07) is 0.515. The van der Waals surface area contributed by atoms with Crippen LogP contribution in [-0.4, -0.2) is 40.3 Å². The van der Waals surface area contributed by atoms with Crippen LogP contribution in [0.5, 0.6) is 0 Å². The minimum absolute atomic E-state index is 0.209. The second kappa shape index (κ2) is 5.98. The summed E-state index contributed by atoms with van der Waals surface area (Å²) in [5.41, 5.74) is 6.55. The van der Waals surface area contributed by atoms with Crippen molar-refractivity contribution in [2.75, 3.05) is 13.2 Å². The highest BCUT2D eigenvalue weighted by Crippen LogP contribution is 2.42. The van der Waals surface area contributed by atoms with Gasteiger partial charge in [-0.2, -0.15) is 0 Å². The first-order valence-corrected chi connectivity index (χ1v) is 7.02. The molecule has 3 N–H and O–H groups in total. The van der Waals surface area contributed by atoms with Crippen molar-refractivity contribution in [3.05, 3.63) is 11.9 Å². The van der Waals surface area contributed by atoms with Gasteiger partial charge in [-0.15, -0.1) is 5.10 Å². The molecule has 1 saturated carbocycles. The quantitative estimate of drug-likeness (QED) is 0.753.